The molecule has 2 N–H and O–H groups in total. The summed E-state index contributed by atoms with van der Waals surface area (Å²) in [6.07, 6.45) is -5.16. The van der Waals surface area contributed by atoms with Crippen molar-refractivity contribution in [1.29, 1.82) is 0 Å². The minimum atomic E-state index is -4.82. The number of aromatic amines is 1. The van der Waals surface area contributed by atoms with Gasteiger partial charge < -0.3 is 14.8 Å². The smallest absolute Gasteiger partial charge is 0.481 e. The van der Waals surface area contributed by atoms with Crippen molar-refractivity contribution < 1.29 is 27.8 Å². The lowest BCUT2D eigenvalue weighted by atomic mass is 10.0. The standard InChI is InChI=1S/C17H11BrF3NO3/c18-13-4-2-1-3-10(13)16-12(8-15(23)24)11-7-9(25-17(19,20)21)5-6-14(11)22-16/h1-7,22H,8H2,(H,23,24). The van der Waals surface area contributed by atoms with Crippen molar-refractivity contribution >= 4 is 32.8 Å². The molecular formula is C17H11BrF3NO3. The maximum Gasteiger partial charge on any atom is 0.573 e. The van der Waals surface area contributed by atoms with Gasteiger partial charge in [0.15, 0.2) is 0 Å². The molecule has 4 nitrogen and oxygen atoms in total. The average molecular weight is 414 g/mol. The molecule has 0 aliphatic heterocycles. The molecule has 1 aromatic heterocycles. The van der Waals surface area contributed by atoms with E-state index < -0.39 is 18.1 Å². The number of rotatable bonds is 4. The van der Waals surface area contributed by atoms with Gasteiger partial charge in [-0.15, -0.1) is 13.2 Å². The molecule has 0 aliphatic carbocycles. The van der Waals surface area contributed by atoms with Crippen molar-refractivity contribution in [3.8, 4) is 17.0 Å². The van der Waals surface area contributed by atoms with Crippen LogP contribution in [0.25, 0.3) is 22.2 Å². The predicted octanol–water partition coefficient (Wildman–Crippen LogP) is 5.12. The summed E-state index contributed by atoms with van der Waals surface area (Å²) in [5, 5.41) is 9.57. The van der Waals surface area contributed by atoms with Crippen LogP contribution in [0.3, 0.4) is 0 Å². The van der Waals surface area contributed by atoms with Gasteiger partial charge in [-0.1, -0.05) is 34.1 Å². The van der Waals surface area contributed by atoms with Gasteiger partial charge >= 0.3 is 12.3 Å². The Morgan fingerprint density at radius 3 is 2.56 bits per heavy atom. The van der Waals surface area contributed by atoms with Crippen molar-refractivity contribution in [3.05, 3.63) is 52.5 Å². The van der Waals surface area contributed by atoms with Gasteiger partial charge in [-0.05, 0) is 29.8 Å². The van der Waals surface area contributed by atoms with E-state index in [4.69, 9.17) is 0 Å². The Labute approximate surface area is 148 Å². The molecule has 0 bridgehead atoms. The van der Waals surface area contributed by atoms with Crippen LogP contribution in [0, 0.1) is 0 Å². The quantitative estimate of drug-likeness (QED) is 0.623. The van der Waals surface area contributed by atoms with Crippen LogP contribution in [0.15, 0.2) is 46.9 Å². The van der Waals surface area contributed by atoms with E-state index in [1.165, 1.54) is 18.2 Å². The maximum atomic E-state index is 12.4. The highest BCUT2D eigenvalue weighted by Crippen LogP contribution is 2.37. The number of halogens is 4. The van der Waals surface area contributed by atoms with Crippen molar-refractivity contribution in [2.24, 2.45) is 0 Å². The predicted molar refractivity (Wildman–Crippen MR) is 89.5 cm³/mol. The first-order chi connectivity index (χ1) is 11.7. The molecule has 3 rings (SSSR count). The van der Waals surface area contributed by atoms with Crippen molar-refractivity contribution in [2.45, 2.75) is 12.8 Å². The third-order valence-electron chi connectivity index (χ3n) is 3.58. The fraction of sp³-hybridized carbons (Fsp3) is 0.118. The lowest BCUT2D eigenvalue weighted by Gasteiger charge is -2.09. The molecule has 0 amide bonds. The fourth-order valence-electron chi connectivity index (χ4n) is 2.65. The number of aliphatic carboxylic acids is 1. The van der Waals surface area contributed by atoms with Gasteiger partial charge in [-0.3, -0.25) is 4.79 Å². The second-order valence-corrected chi connectivity index (χ2v) is 6.14. The van der Waals surface area contributed by atoms with E-state index in [2.05, 4.69) is 25.7 Å². The number of hydrogen-bond donors (Lipinski definition) is 2. The zero-order valence-electron chi connectivity index (χ0n) is 12.5. The molecule has 8 heteroatoms. The van der Waals surface area contributed by atoms with Gasteiger partial charge in [0.25, 0.3) is 0 Å². The Balaban J connectivity index is 2.20. The Morgan fingerprint density at radius 2 is 1.92 bits per heavy atom. The summed E-state index contributed by atoms with van der Waals surface area (Å²) >= 11 is 3.40. The highest BCUT2D eigenvalue weighted by atomic mass is 79.9. The average Bonchev–Trinajstić information content (AvgIpc) is 2.84. The van der Waals surface area contributed by atoms with E-state index in [1.54, 1.807) is 18.2 Å². The first-order valence-electron chi connectivity index (χ1n) is 7.11. The van der Waals surface area contributed by atoms with Gasteiger partial charge in [0.2, 0.25) is 0 Å². The molecule has 0 aliphatic rings. The molecule has 0 radical (unpaired) electrons. The highest BCUT2D eigenvalue weighted by molar-refractivity contribution is 9.10. The monoisotopic (exact) mass is 413 g/mol. The number of aromatic nitrogens is 1. The van der Waals surface area contributed by atoms with Crippen molar-refractivity contribution in [3.63, 3.8) is 0 Å². The molecule has 0 atom stereocenters. The van der Waals surface area contributed by atoms with E-state index in [9.17, 15) is 23.1 Å². The number of benzene rings is 2. The Bertz CT molecular complexity index is 950. The van der Waals surface area contributed by atoms with E-state index in [1.807, 2.05) is 6.07 Å². The minimum absolute atomic E-state index is 0.341. The first kappa shape index (κ1) is 17.3. The largest absolute Gasteiger partial charge is 0.573 e. The zero-order chi connectivity index (χ0) is 18.2. The van der Waals surface area contributed by atoms with Crippen LogP contribution >= 0.6 is 15.9 Å². The first-order valence-corrected chi connectivity index (χ1v) is 7.91. The summed E-state index contributed by atoms with van der Waals surface area (Å²) in [7, 11) is 0. The van der Waals surface area contributed by atoms with E-state index in [-0.39, 0.29) is 6.42 Å². The topological polar surface area (TPSA) is 62.3 Å². The van der Waals surface area contributed by atoms with E-state index in [0.29, 0.717) is 27.7 Å². The summed E-state index contributed by atoms with van der Waals surface area (Å²) in [6.45, 7) is 0. The summed E-state index contributed by atoms with van der Waals surface area (Å²) in [4.78, 5) is 14.3. The van der Waals surface area contributed by atoms with Crippen molar-refractivity contribution in [2.75, 3.05) is 0 Å². The molecule has 25 heavy (non-hydrogen) atoms. The molecule has 0 unspecified atom stereocenters. The summed E-state index contributed by atoms with van der Waals surface area (Å²) in [6, 6.07) is 11.0. The van der Waals surface area contributed by atoms with Crippen LogP contribution in [0.1, 0.15) is 5.56 Å². The number of fused-ring (bicyclic) bond motifs is 1. The molecule has 0 saturated carbocycles. The summed E-state index contributed by atoms with van der Waals surface area (Å²) in [5.74, 6) is -1.49. The number of H-pyrrole nitrogens is 1. The van der Waals surface area contributed by atoms with Crippen LogP contribution in [-0.2, 0) is 11.2 Å². The number of carboxylic acid groups (broad SMARTS) is 1. The Hall–Kier alpha value is -2.48. The summed E-state index contributed by atoms with van der Waals surface area (Å²) in [5.41, 5.74) is 2.17. The minimum Gasteiger partial charge on any atom is -0.481 e. The number of ether oxygens (including phenoxy) is 1. The second kappa shape index (κ2) is 6.44. The fourth-order valence-corrected chi connectivity index (χ4v) is 3.14. The third kappa shape index (κ3) is 3.79. The third-order valence-corrected chi connectivity index (χ3v) is 4.27. The number of carbonyl (C=O) groups is 1. The number of hydrogen-bond acceptors (Lipinski definition) is 2. The Kier molecular flexibility index (Phi) is 4.47. The van der Waals surface area contributed by atoms with Gasteiger partial charge in [-0.2, -0.15) is 0 Å². The maximum absolute atomic E-state index is 12.4. The van der Waals surface area contributed by atoms with Gasteiger partial charge in [-0.25, -0.2) is 0 Å². The molecule has 0 saturated heterocycles. The van der Waals surface area contributed by atoms with Crippen LogP contribution in [0.4, 0.5) is 13.2 Å². The molecule has 0 spiro atoms. The lowest BCUT2D eigenvalue weighted by molar-refractivity contribution is -0.274. The molecule has 2 aromatic carbocycles. The highest BCUT2D eigenvalue weighted by Gasteiger charge is 2.31. The van der Waals surface area contributed by atoms with E-state index >= 15 is 0 Å². The van der Waals surface area contributed by atoms with Gasteiger partial charge in [0.05, 0.1) is 12.1 Å². The summed E-state index contributed by atoms with van der Waals surface area (Å²) < 4.78 is 42.0. The molecule has 0 fully saturated rings. The van der Waals surface area contributed by atoms with Crippen LogP contribution in [0.2, 0.25) is 0 Å². The molecule has 1 heterocycles. The van der Waals surface area contributed by atoms with E-state index in [0.717, 1.165) is 4.47 Å². The number of carboxylic acids is 1. The van der Waals surface area contributed by atoms with Crippen LogP contribution < -0.4 is 4.74 Å². The zero-order valence-corrected chi connectivity index (χ0v) is 14.1. The molecule has 3 aromatic rings. The SMILES string of the molecule is O=C(O)Cc1c(-c2ccccc2Br)[nH]c2ccc(OC(F)(F)F)cc12. The van der Waals surface area contributed by atoms with Gasteiger partial charge in [0, 0.05) is 20.9 Å². The second-order valence-electron chi connectivity index (χ2n) is 5.28. The Morgan fingerprint density at radius 1 is 1.20 bits per heavy atom. The molecular weight excluding hydrogens is 403 g/mol. The van der Waals surface area contributed by atoms with Crippen molar-refractivity contribution in [1.82, 2.24) is 4.98 Å². The van der Waals surface area contributed by atoms with Gasteiger partial charge in [0.1, 0.15) is 5.75 Å². The normalized spacial score (nSPS) is 11.7. The van der Waals surface area contributed by atoms with Crippen LogP contribution in [-0.4, -0.2) is 22.4 Å². The molecule has 130 valence electrons. The van der Waals surface area contributed by atoms with Crippen LogP contribution in [0.5, 0.6) is 5.75 Å². The number of alkyl halides is 3. The lowest BCUT2D eigenvalue weighted by Crippen LogP contribution is -2.17. The number of nitrogens with one attached hydrogen (secondary N) is 1.